The van der Waals surface area contributed by atoms with Crippen LogP contribution in [0.3, 0.4) is 0 Å². The topological polar surface area (TPSA) is 18.5 Å². The zero-order chi connectivity index (χ0) is 18.2. The highest BCUT2D eigenvalue weighted by Crippen LogP contribution is 2.26. The van der Waals surface area contributed by atoms with E-state index in [0.29, 0.717) is 5.92 Å². The molecule has 0 spiro atoms. The summed E-state index contributed by atoms with van der Waals surface area (Å²) >= 11 is 11.6. The zero-order valence-electron chi connectivity index (χ0n) is 14.8. The fourth-order valence-electron chi connectivity index (χ4n) is 3.18. The summed E-state index contributed by atoms with van der Waals surface area (Å²) in [6.45, 7) is 2.63. The van der Waals surface area contributed by atoms with E-state index in [-0.39, 0.29) is 0 Å². The Morgan fingerprint density at radius 2 is 1.50 bits per heavy atom. The lowest BCUT2D eigenvalue weighted by molar-refractivity contribution is 0.0804. The molecular formula is C22H24Cl2O2. The highest BCUT2D eigenvalue weighted by molar-refractivity contribution is 6.30. The first-order valence-electron chi connectivity index (χ1n) is 9.12. The van der Waals surface area contributed by atoms with Gasteiger partial charge in [0.15, 0.2) is 0 Å². The van der Waals surface area contributed by atoms with E-state index >= 15 is 0 Å². The van der Waals surface area contributed by atoms with Crippen LogP contribution in [0.15, 0.2) is 54.8 Å². The van der Waals surface area contributed by atoms with Crippen LogP contribution < -0.4 is 0 Å². The van der Waals surface area contributed by atoms with E-state index in [1.807, 2.05) is 42.7 Å². The van der Waals surface area contributed by atoms with Gasteiger partial charge in [0.05, 0.1) is 19.5 Å². The average molecular weight is 391 g/mol. The van der Waals surface area contributed by atoms with Crippen LogP contribution in [-0.4, -0.2) is 19.8 Å². The maximum Gasteiger partial charge on any atom is 0.0876 e. The van der Waals surface area contributed by atoms with E-state index in [0.717, 1.165) is 42.7 Å². The molecule has 1 unspecified atom stereocenters. The largest absolute Gasteiger partial charge is 0.501 e. The molecule has 4 heteroatoms. The second-order valence-electron chi connectivity index (χ2n) is 6.59. The number of benzene rings is 2. The lowest BCUT2D eigenvalue weighted by Crippen LogP contribution is -2.15. The van der Waals surface area contributed by atoms with Gasteiger partial charge in [0, 0.05) is 22.6 Å². The molecule has 2 heterocycles. The van der Waals surface area contributed by atoms with Crippen LogP contribution in [0.2, 0.25) is 10.0 Å². The van der Waals surface area contributed by atoms with Gasteiger partial charge in [-0.2, -0.15) is 0 Å². The van der Waals surface area contributed by atoms with Crippen molar-refractivity contribution in [2.24, 2.45) is 0 Å². The third kappa shape index (κ3) is 5.77. The normalized spacial score (nSPS) is 19.6. The molecular weight excluding hydrogens is 367 g/mol. The Hall–Kier alpha value is -1.48. The van der Waals surface area contributed by atoms with Crippen LogP contribution in [-0.2, 0) is 9.47 Å². The molecule has 0 amide bonds. The molecule has 1 saturated heterocycles. The van der Waals surface area contributed by atoms with Crippen molar-refractivity contribution in [1.29, 1.82) is 0 Å². The maximum atomic E-state index is 5.82. The van der Waals surface area contributed by atoms with Crippen molar-refractivity contribution in [3.63, 3.8) is 0 Å². The molecule has 2 nitrogen and oxygen atoms in total. The molecule has 0 saturated carbocycles. The highest BCUT2D eigenvalue weighted by Gasteiger charge is 2.15. The fraction of sp³-hybridized carbons (Fsp3) is 0.364. The van der Waals surface area contributed by atoms with Crippen molar-refractivity contribution in [2.45, 2.75) is 31.6 Å². The Bertz CT molecular complexity index is 702. The third-order valence-electron chi connectivity index (χ3n) is 4.65. The molecule has 0 radical (unpaired) electrons. The summed E-state index contributed by atoms with van der Waals surface area (Å²) in [7, 11) is 0. The summed E-state index contributed by atoms with van der Waals surface area (Å²) in [5, 5.41) is 1.58. The highest BCUT2D eigenvalue weighted by atomic mass is 35.5. The summed E-state index contributed by atoms with van der Waals surface area (Å²) in [6, 6.07) is 16.0. The lowest BCUT2D eigenvalue weighted by atomic mass is 9.94. The van der Waals surface area contributed by atoms with E-state index in [4.69, 9.17) is 32.7 Å². The molecule has 0 N–H and O–H groups in total. The quantitative estimate of drug-likeness (QED) is 0.565. The van der Waals surface area contributed by atoms with E-state index in [2.05, 4.69) is 12.1 Å². The molecule has 26 heavy (non-hydrogen) atoms. The fourth-order valence-corrected chi connectivity index (χ4v) is 3.43. The first-order valence-corrected chi connectivity index (χ1v) is 9.88. The number of hydrogen-bond donors (Lipinski definition) is 0. The number of hydrogen-bond acceptors (Lipinski definition) is 2. The molecule has 2 aliphatic heterocycles. The van der Waals surface area contributed by atoms with E-state index in [1.54, 1.807) is 0 Å². The van der Waals surface area contributed by atoms with Gasteiger partial charge in [0.2, 0.25) is 0 Å². The van der Waals surface area contributed by atoms with E-state index in [1.165, 1.54) is 29.5 Å². The predicted octanol–water partition coefficient (Wildman–Crippen LogP) is 6.73. The van der Waals surface area contributed by atoms with Crippen molar-refractivity contribution >= 4 is 28.8 Å². The molecule has 1 fully saturated rings. The van der Waals surface area contributed by atoms with Crippen LogP contribution in [0.1, 0.15) is 42.7 Å². The Morgan fingerprint density at radius 1 is 0.808 bits per heavy atom. The van der Waals surface area contributed by atoms with Crippen LogP contribution >= 0.6 is 23.2 Å². The SMILES string of the molecule is Clc1ccc(C2=COCCC2)cc1.Clc1ccc(C2CCCOC2)cc1. The van der Waals surface area contributed by atoms with Gasteiger partial charge in [-0.3, -0.25) is 0 Å². The number of allylic oxidation sites excluding steroid dienone is 1. The number of halogens is 2. The molecule has 138 valence electrons. The monoisotopic (exact) mass is 390 g/mol. The van der Waals surface area contributed by atoms with Crippen molar-refractivity contribution in [2.75, 3.05) is 19.8 Å². The van der Waals surface area contributed by atoms with Gasteiger partial charge in [-0.25, -0.2) is 0 Å². The van der Waals surface area contributed by atoms with Gasteiger partial charge in [-0.05, 0) is 66.6 Å². The second kappa shape index (κ2) is 10.0. The molecule has 0 aromatic heterocycles. The number of ether oxygens (including phenoxy) is 2. The van der Waals surface area contributed by atoms with Crippen molar-refractivity contribution in [3.8, 4) is 0 Å². The van der Waals surface area contributed by atoms with Crippen LogP contribution in [0.25, 0.3) is 5.57 Å². The minimum absolute atomic E-state index is 0.575. The molecule has 0 aliphatic carbocycles. The first kappa shape index (κ1) is 19.3. The standard InChI is InChI=1S/C11H13ClO.C11H11ClO/c2*12-11-5-3-9(4-6-11)10-2-1-7-13-8-10/h3-6,10H,1-2,7-8H2;3-6,8H,1-2,7H2. The summed E-state index contributed by atoms with van der Waals surface area (Å²) in [5.41, 5.74) is 3.83. The molecule has 2 aromatic carbocycles. The van der Waals surface area contributed by atoms with Crippen LogP contribution in [0.5, 0.6) is 0 Å². The van der Waals surface area contributed by atoms with E-state index < -0.39 is 0 Å². The van der Waals surface area contributed by atoms with Crippen molar-refractivity contribution in [3.05, 3.63) is 76.0 Å². The minimum Gasteiger partial charge on any atom is -0.501 e. The molecule has 4 rings (SSSR count). The lowest BCUT2D eigenvalue weighted by Gasteiger charge is -2.22. The number of rotatable bonds is 2. The van der Waals surface area contributed by atoms with Crippen LogP contribution in [0, 0.1) is 0 Å². The Labute approximate surface area is 165 Å². The molecule has 2 aliphatic rings. The third-order valence-corrected chi connectivity index (χ3v) is 5.15. The van der Waals surface area contributed by atoms with Gasteiger partial charge >= 0.3 is 0 Å². The Kier molecular flexibility index (Phi) is 7.43. The van der Waals surface area contributed by atoms with Gasteiger partial charge in [-0.1, -0.05) is 47.5 Å². The predicted molar refractivity (Wildman–Crippen MR) is 109 cm³/mol. The summed E-state index contributed by atoms with van der Waals surface area (Å²) in [4.78, 5) is 0. The van der Waals surface area contributed by atoms with Gasteiger partial charge in [0.25, 0.3) is 0 Å². The molecule has 1 atom stereocenters. The smallest absolute Gasteiger partial charge is 0.0876 e. The zero-order valence-corrected chi connectivity index (χ0v) is 16.3. The Balaban J connectivity index is 0.000000151. The Morgan fingerprint density at radius 3 is 2.08 bits per heavy atom. The van der Waals surface area contributed by atoms with Crippen molar-refractivity contribution < 1.29 is 9.47 Å². The maximum absolute atomic E-state index is 5.82. The second-order valence-corrected chi connectivity index (χ2v) is 7.46. The first-order chi connectivity index (χ1) is 12.7. The summed E-state index contributed by atoms with van der Waals surface area (Å²) in [6.07, 6.45) is 6.47. The molecule has 0 bridgehead atoms. The van der Waals surface area contributed by atoms with Gasteiger partial charge in [-0.15, -0.1) is 0 Å². The van der Waals surface area contributed by atoms with Crippen LogP contribution in [0.4, 0.5) is 0 Å². The summed E-state index contributed by atoms with van der Waals surface area (Å²) in [5.74, 6) is 0.575. The van der Waals surface area contributed by atoms with Gasteiger partial charge < -0.3 is 9.47 Å². The van der Waals surface area contributed by atoms with Crippen molar-refractivity contribution in [1.82, 2.24) is 0 Å². The molecule has 2 aromatic rings. The average Bonchev–Trinajstić information content (AvgIpc) is 2.71. The minimum atomic E-state index is 0.575. The van der Waals surface area contributed by atoms with Gasteiger partial charge in [0.1, 0.15) is 0 Å². The summed E-state index contributed by atoms with van der Waals surface area (Å²) < 4.78 is 10.7. The van der Waals surface area contributed by atoms with E-state index in [9.17, 15) is 0 Å².